The number of hydrogen-bond donors (Lipinski definition) is 5. The first-order chi connectivity index (χ1) is 16.2. The molecular formula is C21H19ClN5O6P. The van der Waals surface area contributed by atoms with E-state index in [9.17, 15) is 14.8 Å². The van der Waals surface area contributed by atoms with E-state index >= 15 is 0 Å². The van der Waals surface area contributed by atoms with Gasteiger partial charge in [0.05, 0.1) is 6.16 Å². The summed E-state index contributed by atoms with van der Waals surface area (Å²) in [5.74, 6) is -0.289. The maximum absolute atomic E-state index is 11.2. The Morgan fingerprint density at radius 1 is 1.15 bits per heavy atom. The van der Waals surface area contributed by atoms with Crippen LogP contribution in [0.3, 0.4) is 0 Å². The van der Waals surface area contributed by atoms with Crippen molar-refractivity contribution in [1.82, 2.24) is 19.5 Å². The van der Waals surface area contributed by atoms with Crippen LogP contribution in [0.4, 0.5) is 11.5 Å². The van der Waals surface area contributed by atoms with Crippen molar-refractivity contribution < 1.29 is 29.3 Å². The summed E-state index contributed by atoms with van der Waals surface area (Å²) in [5.41, 5.74) is 1.35. The molecule has 3 heterocycles. The number of halogens is 1. The number of fused-ring (bicyclic) bond motifs is 2. The van der Waals surface area contributed by atoms with Gasteiger partial charge < -0.3 is 30.1 Å². The zero-order valence-electron chi connectivity index (χ0n) is 17.4. The van der Waals surface area contributed by atoms with Crippen molar-refractivity contribution in [1.29, 1.82) is 0 Å². The Hall–Kier alpha value is -3.21. The summed E-state index contributed by atoms with van der Waals surface area (Å²) in [6, 6.07) is 13.6. The molecule has 5 rings (SSSR count). The Morgan fingerprint density at radius 2 is 1.91 bits per heavy atom. The SMILES string of the molecule is O=P(O)(O)CCC1=C(O)C(O)[C@H](n2cnc3c(Nc4cccc5ccccc45)nc(Cl)nc32)O1. The van der Waals surface area contributed by atoms with E-state index in [2.05, 4.69) is 20.3 Å². The molecule has 1 unspecified atom stereocenters. The van der Waals surface area contributed by atoms with Crippen LogP contribution in [0, 0.1) is 0 Å². The summed E-state index contributed by atoms with van der Waals surface area (Å²) in [6.45, 7) is 0. The van der Waals surface area contributed by atoms with Crippen LogP contribution in [0.15, 0.2) is 60.3 Å². The molecule has 0 spiro atoms. The molecule has 5 N–H and O–H groups in total. The van der Waals surface area contributed by atoms with Gasteiger partial charge in [-0.05, 0) is 23.1 Å². The predicted octanol–water partition coefficient (Wildman–Crippen LogP) is 3.60. The average molecular weight is 504 g/mol. The Morgan fingerprint density at radius 3 is 2.71 bits per heavy atom. The van der Waals surface area contributed by atoms with E-state index in [1.165, 1.54) is 10.9 Å². The lowest BCUT2D eigenvalue weighted by atomic mass is 10.1. The van der Waals surface area contributed by atoms with Crippen LogP contribution >= 0.6 is 19.2 Å². The minimum atomic E-state index is -4.32. The first-order valence-corrected chi connectivity index (χ1v) is 12.3. The maximum Gasteiger partial charge on any atom is 0.326 e. The molecule has 2 atom stereocenters. The van der Waals surface area contributed by atoms with Gasteiger partial charge in [0.15, 0.2) is 28.8 Å². The predicted molar refractivity (Wildman–Crippen MR) is 125 cm³/mol. The van der Waals surface area contributed by atoms with E-state index in [1.807, 2.05) is 42.5 Å². The summed E-state index contributed by atoms with van der Waals surface area (Å²) >= 11 is 6.18. The van der Waals surface area contributed by atoms with Gasteiger partial charge in [0.1, 0.15) is 12.1 Å². The third kappa shape index (κ3) is 4.20. The topological polar surface area (TPSA) is 163 Å². The van der Waals surface area contributed by atoms with Gasteiger partial charge in [-0.15, -0.1) is 0 Å². The highest BCUT2D eigenvalue weighted by Crippen LogP contribution is 2.41. The minimum absolute atomic E-state index is 0.0802. The molecule has 1 aliphatic heterocycles. The van der Waals surface area contributed by atoms with E-state index in [1.54, 1.807) is 0 Å². The van der Waals surface area contributed by atoms with Gasteiger partial charge in [-0.25, -0.2) is 4.98 Å². The molecule has 0 bridgehead atoms. The Bertz CT molecular complexity index is 1480. The molecule has 2 aromatic carbocycles. The first kappa shape index (κ1) is 22.6. The van der Waals surface area contributed by atoms with Crippen molar-refractivity contribution in [3.8, 4) is 0 Å². The number of nitrogens with zero attached hydrogens (tertiary/aromatic N) is 4. The highest BCUT2D eigenvalue weighted by molar-refractivity contribution is 7.51. The lowest BCUT2D eigenvalue weighted by Crippen LogP contribution is -2.22. The molecule has 0 fully saturated rings. The van der Waals surface area contributed by atoms with Gasteiger partial charge in [0, 0.05) is 17.5 Å². The zero-order chi connectivity index (χ0) is 24.0. The number of aliphatic hydroxyl groups is 2. The molecule has 0 radical (unpaired) electrons. The fraction of sp³-hybridized carbons (Fsp3) is 0.190. The fourth-order valence-corrected chi connectivity index (χ4v) is 4.50. The largest absolute Gasteiger partial charge is 0.506 e. The minimum Gasteiger partial charge on any atom is -0.506 e. The van der Waals surface area contributed by atoms with Crippen LogP contribution in [0.1, 0.15) is 12.6 Å². The lowest BCUT2D eigenvalue weighted by molar-refractivity contribution is -0.00734. The fourth-order valence-electron chi connectivity index (χ4n) is 3.84. The number of ether oxygens (including phenoxy) is 1. The number of aliphatic hydroxyl groups excluding tert-OH is 2. The normalized spacial score (nSPS) is 18.6. The Labute approximate surface area is 197 Å². The van der Waals surface area contributed by atoms with Crippen LogP contribution in [0.5, 0.6) is 0 Å². The van der Waals surface area contributed by atoms with Crippen LogP contribution in [0.2, 0.25) is 5.28 Å². The van der Waals surface area contributed by atoms with E-state index < -0.39 is 31.8 Å². The number of rotatable bonds is 6. The molecule has 11 nitrogen and oxygen atoms in total. The molecule has 34 heavy (non-hydrogen) atoms. The number of aromatic nitrogens is 4. The van der Waals surface area contributed by atoms with E-state index in [0.717, 1.165) is 16.5 Å². The maximum atomic E-state index is 11.2. The molecule has 2 aromatic heterocycles. The highest BCUT2D eigenvalue weighted by Gasteiger charge is 2.38. The lowest BCUT2D eigenvalue weighted by Gasteiger charge is -2.17. The number of imidazole rings is 1. The van der Waals surface area contributed by atoms with Gasteiger partial charge in [0.2, 0.25) is 11.5 Å². The molecule has 4 aromatic rings. The van der Waals surface area contributed by atoms with Crippen LogP contribution in [-0.4, -0.2) is 51.8 Å². The standard InChI is InChI=1S/C21H19ClN5O6P/c22-21-25-18(24-13-7-3-5-11-4-1-2-6-12(11)13)15-19(26-21)27(10-23-15)20-17(29)16(28)14(33-20)8-9-34(30,31)32/h1-7,10,17,20,28-29H,8-9H2,(H,24,25,26)(H2,30,31,32)/t17?,20-/m1/s1. The van der Waals surface area contributed by atoms with Crippen LogP contribution < -0.4 is 5.32 Å². The van der Waals surface area contributed by atoms with Gasteiger partial charge in [-0.1, -0.05) is 36.4 Å². The number of benzene rings is 2. The second kappa shape index (κ2) is 8.53. The number of anilines is 2. The van der Waals surface area contributed by atoms with Crippen molar-refractivity contribution in [2.75, 3.05) is 11.5 Å². The number of hydrogen-bond acceptors (Lipinski definition) is 8. The molecule has 0 aliphatic carbocycles. The quantitative estimate of drug-likeness (QED) is 0.194. The van der Waals surface area contributed by atoms with E-state index in [0.29, 0.717) is 11.3 Å². The molecule has 13 heteroatoms. The van der Waals surface area contributed by atoms with Gasteiger partial charge in [0.25, 0.3) is 0 Å². The molecule has 0 amide bonds. The van der Waals surface area contributed by atoms with Crippen LogP contribution in [0.25, 0.3) is 21.9 Å². The third-order valence-electron chi connectivity index (χ3n) is 5.44. The molecule has 0 saturated heterocycles. The van der Waals surface area contributed by atoms with Crippen molar-refractivity contribution in [2.45, 2.75) is 18.8 Å². The van der Waals surface area contributed by atoms with Crippen LogP contribution in [-0.2, 0) is 9.30 Å². The summed E-state index contributed by atoms with van der Waals surface area (Å²) in [4.78, 5) is 31.0. The smallest absolute Gasteiger partial charge is 0.326 e. The Kier molecular flexibility index (Phi) is 5.67. The molecule has 1 aliphatic rings. The van der Waals surface area contributed by atoms with Gasteiger partial charge in [-0.2, -0.15) is 9.97 Å². The number of allylic oxidation sites excluding steroid dienone is 1. The first-order valence-electron chi connectivity index (χ1n) is 10.2. The summed E-state index contributed by atoms with van der Waals surface area (Å²) in [5, 5.41) is 25.9. The Balaban J connectivity index is 1.49. The summed E-state index contributed by atoms with van der Waals surface area (Å²) < 4.78 is 18.2. The van der Waals surface area contributed by atoms with Crippen molar-refractivity contribution in [3.05, 3.63) is 65.6 Å². The van der Waals surface area contributed by atoms with E-state index in [4.69, 9.17) is 26.1 Å². The van der Waals surface area contributed by atoms with Crippen molar-refractivity contribution >= 4 is 52.6 Å². The van der Waals surface area contributed by atoms with Gasteiger partial charge >= 0.3 is 7.60 Å². The van der Waals surface area contributed by atoms with E-state index in [-0.39, 0.29) is 23.1 Å². The van der Waals surface area contributed by atoms with Gasteiger partial charge in [-0.3, -0.25) is 9.13 Å². The average Bonchev–Trinajstić information content (AvgIpc) is 3.33. The number of nitrogens with one attached hydrogen (secondary N) is 1. The van der Waals surface area contributed by atoms with Crippen molar-refractivity contribution in [3.63, 3.8) is 0 Å². The zero-order valence-corrected chi connectivity index (χ0v) is 19.1. The summed E-state index contributed by atoms with van der Waals surface area (Å²) in [6.07, 6.45) is -2.08. The monoisotopic (exact) mass is 503 g/mol. The molecular weight excluding hydrogens is 485 g/mol. The second-order valence-electron chi connectivity index (χ2n) is 7.72. The summed E-state index contributed by atoms with van der Waals surface area (Å²) in [7, 11) is -4.32. The molecule has 0 saturated carbocycles. The van der Waals surface area contributed by atoms with Crippen molar-refractivity contribution in [2.24, 2.45) is 0 Å². The highest BCUT2D eigenvalue weighted by atomic mass is 35.5. The second-order valence-corrected chi connectivity index (χ2v) is 9.83. The third-order valence-corrected chi connectivity index (χ3v) is 6.42. The molecule has 176 valence electrons.